The van der Waals surface area contributed by atoms with Crippen LogP contribution in [0.1, 0.15) is 0 Å². The van der Waals surface area contributed by atoms with Crippen LogP contribution in [0, 0.1) is 0 Å². The number of aliphatic imine (C=N–C) groups is 1. The van der Waals surface area contributed by atoms with Crippen molar-refractivity contribution in [3.8, 4) is 0 Å². The van der Waals surface area contributed by atoms with E-state index in [0.717, 1.165) is 13.2 Å². The first kappa shape index (κ1) is 7.65. The fourth-order valence-corrected chi connectivity index (χ4v) is 0.517. The summed E-state index contributed by atoms with van der Waals surface area (Å²) in [5.74, 6) is 0. The third-order valence-electron chi connectivity index (χ3n) is 0.971. The van der Waals surface area contributed by atoms with Crippen LogP contribution in [0.25, 0.3) is 0 Å². The minimum Gasteiger partial charge on any atom is -0.482 e. The molecule has 0 spiro atoms. The molecule has 0 saturated carbocycles. The highest BCUT2D eigenvalue weighted by Gasteiger charge is 1.84. The molecule has 11 heavy (non-hydrogen) atoms. The van der Waals surface area contributed by atoms with Crippen LogP contribution in [0.4, 0.5) is 0 Å². The molecular weight excluding hydrogens is 142 g/mol. The molecule has 0 radical (unpaired) electrons. The van der Waals surface area contributed by atoms with E-state index in [4.69, 9.17) is 0 Å². The maximum atomic E-state index is 4.65. The van der Waals surface area contributed by atoms with Crippen LogP contribution in [0.2, 0.25) is 0 Å². The molecule has 0 N–H and O–H groups in total. The number of hydrogen-bond donors (Lipinski definition) is 0. The highest BCUT2D eigenvalue weighted by Crippen LogP contribution is 1.78. The topological polar surface area (TPSA) is 47.4 Å². The van der Waals surface area contributed by atoms with Gasteiger partial charge >= 0.3 is 0 Å². The summed E-state index contributed by atoms with van der Waals surface area (Å²) in [6.45, 7) is 1.62. The fourth-order valence-electron chi connectivity index (χ4n) is 0.517. The minimum atomic E-state index is 0.778. The lowest BCUT2D eigenvalue weighted by molar-refractivity contribution is 0.361. The number of rotatable bonds is 0. The summed E-state index contributed by atoms with van der Waals surface area (Å²) >= 11 is 0. The van der Waals surface area contributed by atoms with Gasteiger partial charge in [-0.2, -0.15) is 10.2 Å². The third kappa shape index (κ3) is 4.02. The van der Waals surface area contributed by atoms with E-state index in [1.54, 1.807) is 12.4 Å². The molecule has 0 amide bonds. The van der Waals surface area contributed by atoms with Crippen molar-refractivity contribution in [3.63, 3.8) is 0 Å². The monoisotopic (exact) mass is 151 g/mol. The lowest BCUT2D eigenvalue weighted by Gasteiger charge is -1.76. The minimum absolute atomic E-state index is 0.778. The average molecular weight is 151 g/mol. The van der Waals surface area contributed by atoms with Crippen molar-refractivity contribution in [2.24, 2.45) is 4.99 Å². The van der Waals surface area contributed by atoms with Crippen molar-refractivity contribution < 1.29 is 4.74 Å². The second-order valence-corrected chi connectivity index (χ2v) is 1.80. The summed E-state index contributed by atoms with van der Waals surface area (Å²) in [6, 6.07) is 3.65. The predicted molar refractivity (Wildman–Crippen MR) is 41.3 cm³/mol. The highest BCUT2D eigenvalue weighted by molar-refractivity contribution is 5.47. The van der Waals surface area contributed by atoms with Gasteiger partial charge in [0.15, 0.2) is 6.40 Å². The molecule has 0 fully saturated rings. The quantitative estimate of drug-likeness (QED) is 0.543. The van der Waals surface area contributed by atoms with Crippen LogP contribution in [0.5, 0.6) is 0 Å². The zero-order chi connectivity index (χ0) is 7.78. The Balaban J connectivity index is 0.000000112. The maximum absolute atomic E-state index is 4.65. The standard InChI is InChI=1S/C4H4N2.C3H5NO/c1-2-4-6-5-3-1;1-2-5-3-4-1/h1-4H;3H,1-2H2. The van der Waals surface area contributed by atoms with Crippen molar-refractivity contribution in [3.05, 3.63) is 24.5 Å². The summed E-state index contributed by atoms with van der Waals surface area (Å²) in [7, 11) is 0. The summed E-state index contributed by atoms with van der Waals surface area (Å²) in [5, 5.41) is 7.07. The van der Waals surface area contributed by atoms with Crippen LogP contribution in [-0.2, 0) is 4.74 Å². The van der Waals surface area contributed by atoms with Crippen molar-refractivity contribution in [1.82, 2.24) is 10.2 Å². The molecule has 0 aromatic carbocycles. The van der Waals surface area contributed by atoms with Gasteiger partial charge in [0.1, 0.15) is 6.61 Å². The van der Waals surface area contributed by atoms with Gasteiger partial charge in [-0.15, -0.1) is 0 Å². The Morgan fingerprint density at radius 2 is 1.82 bits per heavy atom. The molecular formula is C7H9N3O. The van der Waals surface area contributed by atoms with Crippen molar-refractivity contribution >= 4 is 6.40 Å². The molecule has 2 heterocycles. The Hall–Kier alpha value is -1.45. The van der Waals surface area contributed by atoms with Crippen molar-refractivity contribution in [2.75, 3.05) is 13.2 Å². The Bertz CT molecular complexity index is 167. The van der Waals surface area contributed by atoms with Crippen LogP contribution in [0.15, 0.2) is 29.5 Å². The van der Waals surface area contributed by atoms with E-state index in [2.05, 4.69) is 19.9 Å². The SMILES string of the molecule is C1=NCCO1.c1ccnnc1. The van der Waals surface area contributed by atoms with Crippen LogP contribution in [-0.4, -0.2) is 29.7 Å². The van der Waals surface area contributed by atoms with E-state index in [-0.39, 0.29) is 0 Å². The second kappa shape index (κ2) is 5.34. The largest absolute Gasteiger partial charge is 0.482 e. The number of ether oxygens (including phenoxy) is 1. The van der Waals surface area contributed by atoms with Gasteiger partial charge in [-0.25, -0.2) is 0 Å². The van der Waals surface area contributed by atoms with E-state index in [1.165, 1.54) is 6.40 Å². The molecule has 1 aliphatic heterocycles. The smallest absolute Gasteiger partial charge is 0.169 e. The molecule has 1 aromatic heterocycles. The van der Waals surface area contributed by atoms with Crippen molar-refractivity contribution in [2.45, 2.75) is 0 Å². The van der Waals surface area contributed by atoms with Gasteiger partial charge in [0, 0.05) is 12.4 Å². The Morgan fingerprint density at radius 3 is 2.00 bits per heavy atom. The van der Waals surface area contributed by atoms with Crippen LogP contribution in [0.3, 0.4) is 0 Å². The summed E-state index contributed by atoms with van der Waals surface area (Å²) in [4.78, 5) is 3.74. The fraction of sp³-hybridized carbons (Fsp3) is 0.286. The van der Waals surface area contributed by atoms with Gasteiger partial charge in [-0.3, -0.25) is 4.99 Å². The van der Waals surface area contributed by atoms with Crippen LogP contribution >= 0.6 is 0 Å². The Labute approximate surface area is 64.9 Å². The average Bonchev–Trinajstić information content (AvgIpc) is 2.64. The molecule has 0 atom stereocenters. The Kier molecular flexibility index (Phi) is 3.72. The van der Waals surface area contributed by atoms with Gasteiger partial charge in [-0.05, 0) is 12.1 Å². The molecule has 0 aliphatic carbocycles. The molecule has 0 unspecified atom stereocenters. The van der Waals surface area contributed by atoms with E-state index in [9.17, 15) is 0 Å². The molecule has 2 rings (SSSR count). The maximum Gasteiger partial charge on any atom is 0.169 e. The zero-order valence-corrected chi connectivity index (χ0v) is 6.05. The molecule has 1 aromatic rings. The number of aromatic nitrogens is 2. The van der Waals surface area contributed by atoms with Crippen LogP contribution < -0.4 is 0 Å². The molecule has 0 saturated heterocycles. The number of nitrogens with zero attached hydrogens (tertiary/aromatic N) is 3. The van der Waals surface area contributed by atoms with Gasteiger partial charge in [-0.1, -0.05) is 0 Å². The Morgan fingerprint density at radius 1 is 1.09 bits per heavy atom. The predicted octanol–water partition coefficient (Wildman–Crippen LogP) is 0.521. The molecule has 58 valence electrons. The third-order valence-corrected chi connectivity index (χ3v) is 0.971. The lowest BCUT2D eigenvalue weighted by Crippen LogP contribution is -1.80. The van der Waals surface area contributed by atoms with E-state index >= 15 is 0 Å². The van der Waals surface area contributed by atoms with Gasteiger partial charge < -0.3 is 4.74 Å². The van der Waals surface area contributed by atoms with Crippen molar-refractivity contribution in [1.29, 1.82) is 0 Å². The van der Waals surface area contributed by atoms with E-state index < -0.39 is 0 Å². The second-order valence-electron chi connectivity index (χ2n) is 1.80. The first-order valence-corrected chi connectivity index (χ1v) is 3.32. The molecule has 4 nitrogen and oxygen atoms in total. The molecule has 1 aliphatic rings. The van der Waals surface area contributed by atoms with Gasteiger partial charge in [0.25, 0.3) is 0 Å². The lowest BCUT2D eigenvalue weighted by atomic mass is 10.6. The summed E-state index contributed by atoms with van der Waals surface area (Å²) in [5.41, 5.74) is 0. The number of hydrogen-bond acceptors (Lipinski definition) is 4. The summed E-state index contributed by atoms with van der Waals surface area (Å²) in [6.07, 6.45) is 4.76. The highest BCUT2D eigenvalue weighted by atomic mass is 16.5. The van der Waals surface area contributed by atoms with E-state index in [0.29, 0.717) is 0 Å². The van der Waals surface area contributed by atoms with Gasteiger partial charge in [0.05, 0.1) is 6.54 Å². The van der Waals surface area contributed by atoms with E-state index in [1.807, 2.05) is 12.1 Å². The molecule has 0 bridgehead atoms. The van der Waals surface area contributed by atoms with Gasteiger partial charge in [0.2, 0.25) is 0 Å². The first-order valence-electron chi connectivity index (χ1n) is 3.32. The first-order chi connectivity index (χ1) is 5.50. The summed E-state index contributed by atoms with van der Waals surface area (Å²) < 4.78 is 4.65. The molecule has 4 heteroatoms. The normalized spacial score (nSPS) is 13.1. The zero-order valence-electron chi connectivity index (χ0n) is 6.05.